The molecule has 0 saturated heterocycles. The predicted octanol–water partition coefficient (Wildman–Crippen LogP) is 3.57. The fourth-order valence-electron chi connectivity index (χ4n) is 2.55. The first-order chi connectivity index (χ1) is 15.0. The predicted molar refractivity (Wildman–Crippen MR) is 124 cm³/mol. The first kappa shape index (κ1) is 23.3. The van der Waals surface area contributed by atoms with Crippen LogP contribution in [-0.4, -0.2) is 19.9 Å². The van der Waals surface area contributed by atoms with Crippen LogP contribution in [0.15, 0.2) is 36.4 Å². The summed E-state index contributed by atoms with van der Waals surface area (Å²) in [5.74, 6) is 0. The molecule has 0 spiro atoms. The normalized spacial score (nSPS) is 10.5. The summed E-state index contributed by atoms with van der Waals surface area (Å²) in [4.78, 5) is 56.2. The average Bonchev–Trinajstić information content (AvgIpc) is 2.74. The minimum absolute atomic E-state index is 0.000310. The number of nitrogen functional groups attached to an aromatic ring is 1. The van der Waals surface area contributed by atoms with Crippen molar-refractivity contribution >= 4 is 79.8 Å². The van der Waals surface area contributed by atoms with E-state index < -0.39 is 22.2 Å². The highest BCUT2D eigenvalue weighted by molar-refractivity contribution is 6.45. The maximum atomic E-state index is 11.2. The maximum Gasteiger partial charge on any atom is 0.314 e. The van der Waals surface area contributed by atoms with E-state index in [4.69, 9.17) is 57.7 Å². The van der Waals surface area contributed by atoms with Gasteiger partial charge in [-0.1, -0.05) is 51.5 Å². The number of benzene rings is 2. The van der Waals surface area contributed by atoms with Crippen molar-refractivity contribution in [2.24, 2.45) is 5.11 Å². The minimum Gasteiger partial charge on any atom is -0.396 e. The van der Waals surface area contributed by atoms with Crippen LogP contribution in [0.4, 0.5) is 11.4 Å². The van der Waals surface area contributed by atoms with Crippen molar-refractivity contribution in [3.63, 3.8) is 0 Å². The molecule has 0 amide bonds. The van der Waals surface area contributed by atoms with Crippen LogP contribution < -0.4 is 28.0 Å². The summed E-state index contributed by atoms with van der Waals surface area (Å²) < 4.78 is 0. The van der Waals surface area contributed by atoms with Crippen LogP contribution in [0.5, 0.6) is 0 Å². The molecule has 0 fully saturated rings. The van der Waals surface area contributed by atoms with E-state index in [1.165, 1.54) is 12.1 Å². The first-order valence-electron chi connectivity index (χ1n) is 8.14. The van der Waals surface area contributed by atoms with Gasteiger partial charge in [-0.15, -0.1) is 0 Å². The summed E-state index contributed by atoms with van der Waals surface area (Å²) >= 11 is 23.2. The lowest BCUT2D eigenvalue weighted by atomic mass is 10.2. The molecule has 0 bridgehead atoms. The first-order valence-corrected chi connectivity index (χ1v) is 9.65. The van der Waals surface area contributed by atoms with E-state index in [-0.39, 0.29) is 48.0 Å². The molecule has 2 aromatic carbocycles. The molecule has 164 valence electrons. The number of nitrogens with two attached hydrogens (primary N) is 1. The molecule has 0 aliphatic carbocycles. The van der Waals surface area contributed by atoms with Gasteiger partial charge in [0.15, 0.2) is 0 Å². The molecule has 32 heavy (non-hydrogen) atoms. The van der Waals surface area contributed by atoms with Crippen molar-refractivity contribution in [2.45, 2.75) is 0 Å². The zero-order chi connectivity index (χ0) is 23.7. The Morgan fingerprint density at radius 2 is 1.19 bits per heavy atom. The molecule has 4 aromatic rings. The van der Waals surface area contributed by atoms with Gasteiger partial charge in [-0.25, -0.2) is 0 Å². The van der Waals surface area contributed by atoms with Gasteiger partial charge >= 0.3 is 22.2 Å². The van der Waals surface area contributed by atoms with Gasteiger partial charge in [0.1, 0.15) is 0 Å². The molecule has 0 unspecified atom stereocenters. The van der Waals surface area contributed by atoms with Crippen molar-refractivity contribution in [1.82, 2.24) is 19.9 Å². The van der Waals surface area contributed by atoms with Gasteiger partial charge in [-0.2, -0.15) is 0 Å². The quantitative estimate of drug-likeness (QED) is 0.0840. The molecule has 0 aliphatic rings. The second kappa shape index (κ2) is 8.99. The van der Waals surface area contributed by atoms with E-state index in [0.717, 1.165) is 0 Å². The summed E-state index contributed by atoms with van der Waals surface area (Å²) in [6, 6.07) is 2.78. The lowest BCUT2D eigenvalue weighted by Gasteiger charge is -2.04. The Morgan fingerprint density at radius 3 is 1.72 bits per heavy atom. The number of halogens is 4. The molecular formula is C16H8Cl4N8O4. The molecule has 2 heterocycles. The lowest BCUT2D eigenvalue weighted by molar-refractivity contribution is 1.14. The second-order valence-electron chi connectivity index (χ2n) is 5.96. The average molecular weight is 518 g/mol. The standard InChI is InChI=1S/C8H3Cl2N5O2.C8H5Cl2N3O2/c9-2-1-3-5(6(4(2)10)14-15-11)13-8(17)7(16)12-3;9-2-1-3-6(5(11)4(2)10)13-8(15)7(14)12-3/h1H,(H,12,16)(H,13,17);1H,11H2,(H,12,14)(H,13,15). The van der Waals surface area contributed by atoms with E-state index in [1.54, 1.807) is 0 Å². The summed E-state index contributed by atoms with van der Waals surface area (Å²) in [6.45, 7) is 0. The number of hydrogen-bond donors (Lipinski definition) is 5. The number of nitrogens with one attached hydrogen (secondary N) is 4. The van der Waals surface area contributed by atoms with Crippen molar-refractivity contribution in [3.8, 4) is 0 Å². The Kier molecular flexibility index (Phi) is 6.53. The number of aromatic nitrogens is 4. The van der Waals surface area contributed by atoms with Crippen LogP contribution in [0.1, 0.15) is 0 Å². The van der Waals surface area contributed by atoms with Crippen molar-refractivity contribution < 1.29 is 0 Å². The van der Waals surface area contributed by atoms with E-state index in [0.29, 0.717) is 5.52 Å². The Labute approximate surface area is 194 Å². The fourth-order valence-corrected chi connectivity index (χ4v) is 3.30. The van der Waals surface area contributed by atoms with E-state index in [1.807, 2.05) is 0 Å². The summed E-state index contributed by atoms with van der Waals surface area (Å²) in [5.41, 5.74) is 11.9. The molecule has 16 heteroatoms. The minimum atomic E-state index is -0.870. The second-order valence-corrected chi connectivity index (χ2v) is 7.53. The van der Waals surface area contributed by atoms with Crippen LogP contribution >= 0.6 is 46.4 Å². The molecular weight excluding hydrogens is 510 g/mol. The monoisotopic (exact) mass is 516 g/mol. The summed E-state index contributed by atoms with van der Waals surface area (Å²) in [5, 5.41) is 3.80. The molecule has 0 saturated carbocycles. The summed E-state index contributed by atoms with van der Waals surface area (Å²) in [7, 11) is 0. The van der Waals surface area contributed by atoms with Crippen LogP contribution in [0.2, 0.25) is 20.1 Å². The number of fused-ring (bicyclic) bond motifs is 2. The number of rotatable bonds is 1. The Morgan fingerprint density at radius 1 is 0.750 bits per heavy atom. The SMILES string of the molecule is Nc1c(Cl)c(Cl)cc2[nH]c(=O)c(=O)[nH]c12.[N-]=[N+]=Nc1c(Cl)c(Cl)cc2[nH]c(=O)c(=O)[nH]c12. The zero-order valence-electron chi connectivity index (χ0n) is 15.2. The number of H-pyrrole nitrogens is 4. The Bertz CT molecular complexity index is 1680. The molecule has 6 N–H and O–H groups in total. The zero-order valence-corrected chi connectivity index (χ0v) is 18.2. The molecule has 12 nitrogen and oxygen atoms in total. The number of aromatic amines is 4. The van der Waals surface area contributed by atoms with Gasteiger partial charge in [0.25, 0.3) is 0 Å². The van der Waals surface area contributed by atoms with Crippen molar-refractivity contribution in [2.75, 3.05) is 5.73 Å². The third kappa shape index (κ3) is 4.31. The molecule has 4 rings (SSSR count). The highest BCUT2D eigenvalue weighted by Crippen LogP contribution is 2.37. The number of azide groups is 1. The number of nitrogens with zero attached hydrogens (tertiary/aromatic N) is 3. The van der Waals surface area contributed by atoms with E-state index in [9.17, 15) is 19.2 Å². The van der Waals surface area contributed by atoms with Gasteiger partial charge < -0.3 is 25.7 Å². The third-order valence-electron chi connectivity index (χ3n) is 3.98. The smallest absolute Gasteiger partial charge is 0.314 e. The van der Waals surface area contributed by atoms with Crippen molar-refractivity contribution in [3.05, 3.63) is 84.1 Å². The van der Waals surface area contributed by atoms with Gasteiger partial charge in [0.2, 0.25) is 0 Å². The van der Waals surface area contributed by atoms with Crippen LogP contribution in [0, 0.1) is 0 Å². The Hall–Kier alpha value is -3.41. The van der Waals surface area contributed by atoms with Crippen LogP contribution in [-0.2, 0) is 0 Å². The van der Waals surface area contributed by atoms with E-state index in [2.05, 4.69) is 30.0 Å². The summed E-state index contributed by atoms with van der Waals surface area (Å²) in [6.07, 6.45) is 0. The topological polar surface area (TPSA) is 206 Å². The highest BCUT2D eigenvalue weighted by Gasteiger charge is 2.12. The Balaban J connectivity index is 0.000000182. The highest BCUT2D eigenvalue weighted by atomic mass is 35.5. The lowest BCUT2D eigenvalue weighted by Crippen LogP contribution is -2.29. The van der Waals surface area contributed by atoms with Gasteiger partial charge in [0.05, 0.1) is 53.5 Å². The van der Waals surface area contributed by atoms with Crippen LogP contribution in [0.3, 0.4) is 0 Å². The molecule has 2 aromatic heterocycles. The third-order valence-corrected chi connectivity index (χ3v) is 5.56. The number of hydrogen-bond acceptors (Lipinski definition) is 6. The van der Waals surface area contributed by atoms with Gasteiger partial charge in [-0.3, -0.25) is 19.2 Å². The van der Waals surface area contributed by atoms with Gasteiger partial charge in [0, 0.05) is 4.91 Å². The van der Waals surface area contributed by atoms with Gasteiger partial charge in [-0.05, 0) is 17.7 Å². The van der Waals surface area contributed by atoms with Crippen molar-refractivity contribution in [1.29, 1.82) is 0 Å². The van der Waals surface area contributed by atoms with E-state index >= 15 is 0 Å². The number of anilines is 1. The molecule has 0 atom stereocenters. The molecule has 0 radical (unpaired) electrons. The largest absolute Gasteiger partial charge is 0.396 e. The fraction of sp³-hybridized carbons (Fsp3) is 0. The molecule has 0 aliphatic heterocycles. The maximum absolute atomic E-state index is 11.2. The van der Waals surface area contributed by atoms with Crippen LogP contribution in [0.25, 0.3) is 32.5 Å².